The molecule has 0 amide bonds. The molecule has 0 bridgehead atoms. The molecule has 1 aromatic carbocycles. The van der Waals surface area contributed by atoms with E-state index in [1.165, 1.54) is 58.0 Å². The molecule has 0 aliphatic carbocycles. The van der Waals surface area contributed by atoms with Crippen molar-refractivity contribution in [2.24, 2.45) is 0 Å². The van der Waals surface area contributed by atoms with E-state index >= 15 is 0 Å². The molecule has 3 heterocycles. The molecule has 27 heavy (non-hydrogen) atoms. The lowest BCUT2D eigenvalue weighted by molar-refractivity contribution is 0.584. The van der Waals surface area contributed by atoms with E-state index in [9.17, 15) is 13.6 Å². The van der Waals surface area contributed by atoms with Gasteiger partial charge in [-0.2, -0.15) is 9.49 Å². The molecule has 0 atom stereocenters. The second-order valence-electron chi connectivity index (χ2n) is 5.72. The minimum atomic E-state index is -0.637. The molecule has 6 nitrogen and oxygen atoms in total. The minimum absolute atomic E-state index is 0.195. The largest absolute Gasteiger partial charge is 0.291 e. The second kappa shape index (κ2) is 6.88. The fourth-order valence-electron chi connectivity index (χ4n) is 2.79. The quantitative estimate of drug-likeness (QED) is 0.398. The maximum absolute atomic E-state index is 13.2. The van der Waals surface area contributed by atoms with Gasteiger partial charge in [0, 0.05) is 24.2 Å². The lowest BCUT2D eigenvalue weighted by atomic mass is 10.2. The molecule has 0 spiro atoms. The monoisotopic (exact) mass is 387 g/mol. The molecule has 136 valence electrons. The Morgan fingerprint density at radius 2 is 1.81 bits per heavy atom. The molecule has 9 heteroatoms. The average Bonchev–Trinajstić information content (AvgIpc) is 3.09. The Balaban J connectivity index is 1.99. The number of pyridine rings is 1. The van der Waals surface area contributed by atoms with Crippen molar-refractivity contribution in [3.05, 3.63) is 70.9 Å². The standard InChI is InChI=1S/C18H12ClF2N5O/c19-7-8-25-16(11-1-6-15(21)22-9-11)24-17-14(18(25)27)10-23-26(17)13-4-2-12(20)3-5-13/h1-6,9-10H,7-8H2. The SMILES string of the molecule is O=c1c2cnn(-c3ccc(F)cc3)c2nc(-c2ccc(F)nc2)n1CCCl. The van der Waals surface area contributed by atoms with Crippen LogP contribution >= 0.6 is 11.6 Å². The molecule has 3 aromatic heterocycles. The summed E-state index contributed by atoms with van der Waals surface area (Å²) in [5.41, 5.74) is 0.994. The molecule has 0 aliphatic heterocycles. The Hall–Kier alpha value is -3.13. The van der Waals surface area contributed by atoms with Crippen LogP contribution in [0, 0.1) is 11.8 Å². The van der Waals surface area contributed by atoms with Crippen LogP contribution in [0.25, 0.3) is 28.1 Å². The van der Waals surface area contributed by atoms with Crippen molar-refractivity contribution >= 4 is 22.6 Å². The van der Waals surface area contributed by atoms with Gasteiger partial charge in [-0.25, -0.2) is 19.0 Å². The molecule has 0 N–H and O–H groups in total. The highest BCUT2D eigenvalue weighted by Crippen LogP contribution is 2.20. The topological polar surface area (TPSA) is 65.6 Å². The number of hydrogen-bond acceptors (Lipinski definition) is 4. The Morgan fingerprint density at radius 3 is 2.48 bits per heavy atom. The zero-order valence-corrected chi connectivity index (χ0v) is 14.6. The predicted molar refractivity (Wildman–Crippen MR) is 97.0 cm³/mol. The van der Waals surface area contributed by atoms with Crippen molar-refractivity contribution in [3.8, 4) is 17.1 Å². The van der Waals surface area contributed by atoms with E-state index in [0.717, 1.165) is 0 Å². The van der Waals surface area contributed by atoms with Crippen molar-refractivity contribution in [3.63, 3.8) is 0 Å². The van der Waals surface area contributed by atoms with E-state index in [1.807, 2.05) is 0 Å². The van der Waals surface area contributed by atoms with E-state index in [0.29, 0.717) is 28.1 Å². The molecule has 4 aromatic rings. The molecular weight excluding hydrogens is 376 g/mol. The third-order valence-electron chi connectivity index (χ3n) is 4.05. The smallest absolute Gasteiger partial charge is 0.264 e. The van der Waals surface area contributed by atoms with Gasteiger partial charge in [-0.15, -0.1) is 11.6 Å². The Morgan fingerprint density at radius 1 is 1.04 bits per heavy atom. The summed E-state index contributed by atoms with van der Waals surface area (Å²) >= 11 is 5.84. The van der Waals surface area contributed by atoms with E-state index < -0.39 is 5.95 Å². The maximum atomic E-state index is 13.2. The van der Waals surface area contributed by atoms with Gasteiger partial charge >= 0.3 is 0 Å². The van der Waals surface area contributed by atoms with Gasteiger partial charge in [0.25, 0.3) is 5.56 Å². The van der Waals surface area contributed by atoms with E-state index in [2.05, 4.69) is 15.1 Å². The summed E-state index contributed by atoms with van der Waals surface area (Å²) in [7, 11) is 0. The summed E-state index contributed by atoms with van der Waals surface area (Å²) in [6.07, 6.45) is 2.71. The summed E-state index contributed by atoms with van der Waals surface area (Å²) in [5, 5.41) is 4.51. The van der Waals surface area contributed by atoms with Crippen LogP contribution in [0.1, 0.15) is 0 Å². The average molecular weight is 388 g/mol. The van der Waals surface area contributed by atoms with Crippen LogP contribution in [0.15, 0.2) is 53.6 Å². The fraction of sp³-hybridized carbons (Fsp3) is 0.111. The first kappa shape index (κ1) is 17.3. The van der Waals surface area contributed by atoms with Gasteiger partial charge in [-0.3, -0.25) is 9.36 Å². The molecule has 4 rings (SSSR count). The van der Waals surface area contributed by atoms with Gasteiger partial charge in [-0.05, 0) is 36.4 Å². The number of alkyl halides is 1. The number of benzene rings is 1. The van der Waals surface area contributed by atoms with Gasteiger partial charge in [0.15, 0.2) is 5.65 Å². The molecule has 0 saturated carbocycles. The Bertz CT molecular complexity index is 1170. The molecule has 0 radical (unpaired) electrons. The van der Waals surface area contributed by atoms with Crippen LogP contribution in [0.4, 0.5) is 8.78 Å². The first-order valence-electron chi connectivity index (χ1n) is 8.01. The maximum Gasteiger partial charge on any atom is 0.264 e. The zero-order valence-electron chi connectivity index (χ0n) is 13.8. The van der Waals surface area contributed by atoms with Crippen molar-refractivity contribution < 1.29 is 8.78 Å². The lowest BCUT2D eigenvalue weighted by Crippen LogP contribution is -2.24. The molecular formula is C18H12ClF2N5O. The Labute approximate surface area is 156 Å². The first-order valence-corrected chi connectivity index (χ1v) is 8.54. The van der Waals surface area contributed by atoms with Crippen molar-refractivity contribution in [1.82, 2.24) is 24.3 Å². The van der Waals surface area contributed by atoms with Gasteiger partial charge in [0.05, 0.1) is 11.9 Å². The van der Waals surface area contributed by atoms with Crippen molar-refractivity contribution in [2.45, 2.75) is 6.54 Å². The predicted octanol–water partition coefficient (Wildman–Crippen LogP) is 3.16. The van der Waals surface area contributed by atoms with E-state index in [1.54, 1.807) is 0 Å². The van der Waals surface area contributed by atoms with Gasteiger partial charge in [0.2, 0.25) is 5.95 Å². The normalized spacial score (nSPS) is 11.2. The number of halogens is 3. The molecule has 0 fully saturated rings. The number of nitrogens with zero attached hydrogens (tertiary/aromatic N) is 5. The first-order chi connectivity index (χ1) is 13.1. The fourth-order valence-corrected chi connectivity index (χ4v) is 2.96. The second-order valence-corrected chi connectivity index (χ2v) is 6.10. The van der Waals surface area contributed by atoms with Gasteiger partial charge in [-0.1, -0.05) is 0 Å². The van der Waals surface area contributed by atoms with Crippen LogP contribution in [0.5, 0.6) is 0 Å². The van der Waals surface area contributed by atoms with Crippen molar-refractivity contribution in [1.29, 1.82) is 0 Å². The van der Waals surface area contributed by atoms with Crippen LogP contribution in [0.3, 0.4) is 0 Å². The van der Waals surface area contributed by atoms with E-state index in [-0.39, 0.29) is 23.8 Å². The summed E-state index contributed by atoms with van der Waals surface area (Å²) in [5.74, 6) is -0.529. The highest BCUT2D eigenvalue weighted by atomic mass is 35.5. The van der Waals surface area contributed by atoms with Gasteiger partial charge < -0.3 is 0 Å². The molecule has 0 unspecified atom stereocenters. The number of aromatic nitrogens is 5. The zero-order chi connectivity index (χ0) is 19.0. The number of fused-ring (bicyclic) bond motifs is 1. The van der Waals surface area contributed by atoms with Crippen LogP contribution < -0.4 is 5.56 Å². The summed E-state index contributed by atoms with van der Waals surface area (Å²) < 4.78 is 29.2. The molecule has 0 aliphatic rings. The summed E-state index contributed by atoms with van der Waals surface area (Å²) in [4.78, 5) is 21.1. The van der Waals surface area contributed by atoms with Gasteiger partial charge in [0.1, 0.15) is 17.0 Å². The van der Waals surface area contributed by atoms with Crippen LogP contribution in [-0.4, -0.2) is 30.2 Å². The number of hydrogen-bond donors (Lipinski definition) is 0. The highest BCUT2D eigenvalue weighted by Gasteiger charge is 2.17. The summed E-state index contributed by atoms with van der Waals surface area (Å²) in [6, 6.07) is 8.33. The van der Waals surface area contributed by atoms with Crippen LogP contribution in [0.2, 0.25) is 0 Å². The lowest BCUT2D eigenvalue weighted by Gasteiger charge is -2.12. The number of rotatable bonds is 4. The third kappa shape index (κ3) is 3.08. The Kier molecular flexibility index (Phi) is 4.41. The summed E-state index contributed by atoms with van der Waals surface area (Å²) in [6.45, 7) is 0.220. The van der Waals surface area contributed by atoms with E-state index in [4.69, 9.17) is 11.6 Å². The third-order valence-corrected chi connectivity index (χ3v) is 4.22. The minimum Gasteiger partial charge on any atom is -0.291 e. The van der Waals surface area contributed by atoms with Crippen molar-refractivity contribution in [2.75, 3.05) is 5.88 Å². The van der Waals surface area contributed by atoms with Crippen LogP contribution in [-0.2, 0) is 6.54 Å². The highest BCUT2D eigenvalue weighted by molar-refractivity contribution is 6.17. The molecule has 0 saturated heterocycles.